The number of carbonyl (C=O) groups excluding carboxylic acids is 1. The molecular formula is C22H24N2O. The molecule has 2 N–H and O–H groups in total. The highest BCUT2D eigenvalue weighted by molar-refractivity contribution is 5.86. The van der Waals surface area contributed by atoms with E-state index < -0.39 is 0 Å². The van der Waals surface area contributed by atoms with Crippen LogP contribution in [0.2, 0.25) is 0 Å². The minimum atomic E-state index is 0.0653. The molecule has 2 aromatic carbocycles. The van der Waals surface area contributed by atoms with Crippen LogP contribution in [-0.4, -0.2) is 16.9 Å². The first-order valence-electron chi connectivity index (χ1n) is 9.04. The lowest BCUT2D eigenvalue weighted by Crippen LogP contribution is -2.27. The standard InChI is InChI=1S/C22H24N2O/c1-14-7-10-17(15(2)11-14)19(12-22(25)24-16-8-9-16)20-13-23-21-6-4-3-5-18(20)21/h3-7,10-11,13,16,19,23H,8-9,12H2,1-2H3,(H,24,25). The smallest absolute Gasteiger partial charge is 0.221 e. The maximum absolute atomic E-state index is 12.6. The molecule has 3 heteroatoms. The van der Waals surface area contributed by atoms with Crippen molar-refractivity contribution in [1.82, 2.24) is 10.3 Å². The van der Waals surface area contributed by atoms with Crippen LogP contribution in [0.5, 0.6) is 0 Å². The summed E-state index contributed by atoms with van der Waals surface area (Å²) in [4.78, 5) is 15.9. The fourth-order valence-corrected chi connectivity index (χ4v) is 3.69. The quantitative estimate of drug-likeness (QED) is 0.705. The monoisotopic (exact) mass is 332 g/mol. The first-order valence-corrected chi connectivity index (χ1v) is 9.04. The molecule has 1 aliphatic carbocycles. The van der Waals surface area contributed by atoms with Crippen LogP contribution in [0.3, 0.4) is 0 Å². The summed E-state index contributed by atoms with van der Waals surface area (Å²) in [5.74, 6) is 0.216. The van der Waals surface area contributed by atoms with Gasteiger partial charge in [0, 0.05) is 35.5 Å². The molecule has 1 aromatic heterocycles. The number of amides is 1. The molecule has 0 spiro atoms. The normalized spacial score (nSPS) is 15.3. The number of H-pyrrole nitrogens is 1. The van der Waals surface area contributed by atoms with Gasteiger partial charge in [-0.2, -0.15) is 0 Å². The minimum absolute atomic E-state index is 0.0653. The van der Waals surface area contributed by atoms with Crippen molar-refractivity contribution in [3.05, 3.63) is 70.9 Å². The Hall–Kier alpha value is -2.55. The van der Waals surface area contributed by atoms with Crippen LogP contribution >= 0.6 is 0 Å². The van der Waals surface area contributed by atoms with Gasteiger partial charge in [-0.3, -0.25) is 4.79 Å². The van der Waals surface area contributed by atoms with E-state index in [1.165, 1.54) is 27.6 Å². The number of aromatic amines is 1. The lowest BCUT2D eigenvalue weighted by atomic mass is 9.85. The zero-order valence-corrected chi connectivity index (χ0v) is 14.8. The lowest BCUT2D eigenvalue weighted by Gasteiger charge is -2.20. The van der Waals surface area contributed by atoms with Gasteiger partial charge in [0.25, 0.3) is 0 Å². The van der Waals surface area contributed by atoms with Crippen molar-refractivity contribution in [2.45, 2.75) is 45.1 Å². The number of hydrogen-bond donors (Lipinski definition) is 2. The van der Waals surface area contributed by atoms with E-state index in [1.54, 1.807) is 0 Å². The molecule has 25 heavy (non-hydrogen) atoms. The zero-order chi connectivity index (χ0) is 17.4. The molecule has 1 unspecified atom stereocenters. The second-order valence-corrected chi connectivity index (χ2v) is 7.25. The molecule has 0 aliphatic heterocycles. The molecule has 1 aliphatic rings. The average molecular weight is 332 g/mol. The summed E-state index contributed by atoms with van der Waals surface area (Å²) in [5, 5.41) is 4.35. The Kier molecular flexibility index (Phi) is 4.08. The number of nitrogens with one attached hydrogen (secondary N) is 2. The Morgan fingerprint density at radius 1 is 1.16 bits per heavy atom. The first kappa shape index (κ1) is 15.9. The Balaban J connectivity index is 1.75. The van der Waals surface area contributed by atoms with Gasteiger partial charge in [0.15, 0.2) is 0 Å². The van der Waals surface area contributed by atoms with Gasteiger partial charge in [-0.15, -0.1) is 0 Å². The number of carbonyl (C=O) groups is 1. The van der Waals surface area contributed by atoms with Crippen LogP contribution in [0.1, 0.15) is 47.4 Å². The SMILES string of the molecule is Cc1ccc(C(CC(=O)NC2CC2)c2c[nH]c3ccccc23)c(C)c1. The predicted octanol–water partition coefficient (Wildman–Crippen LogP) is 4.59. The molecule has 3 aromatic rings. The maximum atomic E-state index is 12.6. The van der Waals surface area contributed by atoms with E-state index in [4.69, 9.17) is 0 Å². The van der Waals surface area contributed by atoms with E-state index in [-0.39, 0.29) is 11.8 Å². The van der Waals surface area contributed by atoms with Crippen LogP contribution < -0.4 is 5.32 Å². The average Bonchev–Trinajstić information content (AvgIpc) is 3.29. The van der Waals surface area contributed by atoms with Crippen LogP contribution in [-0.2, 0) is 4.79 Å². The molecular weight excluding hydrogens is 308 g/mol. The van der Waals surface area contributed by atoms with Gasteiger partial charge in [-0.25, -0.2) is 0 Å². The van der Waals surface area contributed by atoms with Gasteiger partial charge in [0.05, 0.1) is 0 Å². The molecule has 0 bridgehead atoms. The van der Waals surface area contributed by atoms with E-state index >= 15 is 0 Å². The number of aromatic nitrogens is 1. The number of para-hydroxylation sites is 1. The Labute approximate surface area is 148 Å². The molecule has 0 radical (unpaired) electrons. The van der Waals surface area contributed by atoms with Gasteiger partial charge < -0.3 is 10.3 Å². The van der Waals surface area contributed by atoms with Gasteiger partial charge in [0.1, 0.15) is 0 Å². The summed E-state index contributed by atoms with van der Waals surface area (Å²) in [7, 11) is 0. The third kappa shape index (κ3) is 3.32. The molecule has 1 fully saturated rings. The number of benzene rings is 2. The van der Waals surface area contributed by atoms with Crippen LogP contribution in [0.4, 0.5) is 0 Å². The zero-order valence-electron chi connectivity index (χ0n) is 14.8. The fourth-order valence-electron chi connectivity index (χ4n) is 3.69. The molecule has 4 rings (SSSR count). The summed E-state index contributed by atoms with van der Waals surface area (Å²) in [6.07, 6.45) is 4.79. The minimum Gasteiger partial charge on any atom is -0.361 e. The van der Waals surface area contributed by atoms with E-state index in [0.717, 1.165) is 18.4 Å². The Morgan fingerprint density at radius 2 is 1.96 bits per heavy atom. The van der Waals surface area contributed by atoms with Gasteiger partial charge in [-0.1, -0.05) is 42.0 Å². The molecule has 1 atom stereocenters. The van der Waals surface area contributed by atoms with Crippen molar-refractivity contribution < 1.29 is 4.79 Å². The van der Waals surface area contributed by atoms with E-state index in [2.05, 4.69) is 66.7 Å². The Bertz CT molecular complexity index is 921. The second-order valence-electron chi connectivity index (χ2n) is 7.25. The summed E-state index contributed by atoms with van der Waals surface area (Å²) >= 11 is 0. The number of hydrogen-bond acceptors (Lipinski definition) is 1. The second kappa shape index (κ2) is 6.40. The van der Waals surface area contributed by atoms with E-state index in [0.29, 0.717) is 12.5 Å². The summed E-state index contributed by atoms with van der Waals surface area (Å²) in [6, 6.07) is 15.2. The summed E-state index contributed by atoms with van der Waals surface area (Å²) in [5.41, 5.74) is 6.06. The third-order valence-corrected chi connectivity index (χ3v) is 5.13. The fraction of sp³-hybridized carbons (Fsp3) is 0.318. The van der Waals surface area contributed by atoms with Crippen molar-refractivity contribution in [3.63, 3.8) is 0 Å². The van der Waals surface area contributed by atoms with Crippen molar-refractivity contribution in [1.29, 1.82) is 0 Å². The van der Waals surface area contributed by atoms with E-state index in [1.807, 2.05) is 6.07 Å². The van der Waals surface area contributed by atoms with Gasteiger partial charge in [-0.05, 0) is 49.4 Å². The highest BCUT2D eigenvalue weighted by Crippen LogP contribution is 2.35. The molecule has 3 nitrogen and oxygen atoms in total. The van der Waals surface area contributed by atoms with Crippen molar-refractivity contribution in [2.75, 3.05) is 0 Å². The number of rotatable bonds is 5. The summed E-state index contributed by atoms with van der Waals surface area (Å²) < 4.78 is 0. The highest BCUT2D eigenvalue weighted by atomic mass is 16.1. The van der Waals surface area contributed by atoms with Crippen molar-refractivity contribution in [3.8, 4) is 0 Å². The molecule has 128 valence electrons. The molecule has 1 amide bonds. The predicted molar refractivity (Wildman–Crippen MR) is 102 cm³/mol. The van der Waals surface area contributed by atoms with Crippen molar-refractivity contribution in [2.24, 2.45) is 0 Å². The molecule has 1 heterocycles. The number of fused-ring (bicyclic) bond motifs is 1. The van der Waals surface area contributed by atoms with Crippen LogP contribution in [0.15, 0.2) is 48.7 Å². The summed E-state index contributed by atoms with van der Waals surface area (Å²) in [6.45, 7) is 4.25. The molecule has 0 saturated heterocycles. The Morgan fingerprint density at radius 3 is 2.72 bits per heavy atom. The van der Waals surface area contributed by atoms with Gasteiger partial charge >= 0.3 is 0 Å². The number of aryl methyl sites for hydroxylation is 2. The largest absolute Gasteiger partial charge is 0.361 e. The lowest BCUT2D eigenvalue weighted by molar-refractivity contribution is -0.121. The molecule has 1 saturated carbocycles. The van der Waals surface area contributed by atoms with Crippen molar-refractivity contribution >= 4 is 16.8 Å². The topological polar surface area (TPSA) is 44.9 Å². The highest BCUT2D eigenvalue weighted by Gasteiger charge is 2.27. The third-order valence-electron chi connectivity index (χ3n) is 5.13. The van der Waals surface area contributed by atoms with Crippen LogP contribution in [0, 0.1) is 13.8 Å². The van der Waals surface area contributed by atoms with Crippen LogP contribution in [0.25, 0.3) is 10.9 Å². The first-order chi connectivity index (χ1) is 12.1. The maximum Gasteiger partial charge on any atom is 0.221 e. The van der Waals surface area contributed by atoms with E-state index in [9.17, 15) is 4.79 Å². The van der Waals surface area contributed by atoms with Gasteiger partial charge in [0.2, 0.25) is 5.91 Å².